The summed E-state index contributed by atoms with van der Waals surface area (Å²) in [5, 5.41) is 12.4. The molecular formula is C17H16ClNO5. The number of benzene rings is 1. The van der Waals surface area contributed by atoms with Gasteiger partial charge < -0.3 is 19.6 Å². The summed E-state index contributed by atoms with van der Waals surface area (Å²) in [5.41, 5.74) is 0.926. The van der Waals surface area contributed by atoms with E-state index in [4.69, 9.17) is 25.9 Å². The van der Waals surface area contributed by atoms with Gasteiger partial charge in [-0.15, -0.1) is 0 Å². The summed E-state index contributed by atoms with van der Waals surface area (Å²) in [5.74, 6) is -1.98. The van der Waals surface area contributed by atoms with Crippen molar-refractivity contribution < 1.29 is 23.8 Å². The molecule has 126 valence electrons. The van der Waals surface area contributed by atoms with E-state index < -0.39 is 11.9 Å². The van der Waals surface area contributed by atoms with Crippen molar-refractivity contribution in [2.45, 2.75) is 25.0 Å². The Hall–Kier alpha value is -2.31. The van der Waals surface area contributed by atoms with E-state index in [9.17, 15) is 9.59 Å². The Morgan fingerprint density at radius 3 is 2.50 bits per heavy atom. The van der Waals surface area contributed by atoms with Crippen molar-refractivity contribution in [3.63, 3.8) is 0 Å². The van der Waals surface area contributed by atoms with Crippen LogP contribution in [0.4, 0.5) is 0 Å². The van der Waals surface area contributed by atoms with E-state index in [-0.39, 0.29) is 23.7 Å². The molecule has 1 aliphatic heterocycles. The first-order valence-corrected chi connectivity index (χ1v) is 7.93. The largest absolute Gasteiger partial charge is 0.475 e. The van der Waals surface area contributed by atoms with Gasteiger partial charge >= 0.3 is 5.97 Å². The van der Waals surface area contributed by atoms with Crippen LogP contribution in [0.5, 0.6) is 0 Å². The normalized spacial score (nSPS) is 20.5. The topological polar surface area (TPSA) is 88.8 Å². The van der Waals surface area contributed by atoms with Gasteiger partial charge in [0.15, 0.2) is 5.76 Å². The minimum Gasteiger partial charge on any atom is -0.475 e. The van der Waals surface area contributed by atoms with E-state index >= 15 is 0 Å². The molecule has 1 aromatic carbocycles. The number of rotatable bonds is 4. The van der Waals surface area contributed by atoms with Crippen molar-refractivity contribution in [1.29, 1.82) is 0 Å². The van der Waals surface area contributed by atoms with Crippen molar-refractivity contribution in [2.75, 3.05) is 6.61 Å². The fourth-order valence-electron chi connectivity index (χ4n) is 2.72. The van der Waals surface area contributed by atoms with Crippen LogP contribution in [0, 0.1) is 0 Å². The number of carboxylic acids is 1. The minimum atomic E-state index is -1.21. The minimum absolute atomic E-state index is 0.0344. The lowest BCUT2D eigenvalue weighted by molar-refractivity contribution is -0.00974. The molecule has 1 saturated heterocycles. The van der Waals surface area contributed by atoms with Crippen LogP contribution in [0.25, 0.3) is 0 Å². The second kappa shape index (κ2) is 7.07. The van der Waals surface area contributed by atoms with Crippen LogP contribution in [-0.2, 0) is 4.74 Å². The second-order valence-corrected chi connectivity index (χ2v) is 5.97. The molecule has 0 radical (unpaired) electrons. The molecule has 2 N–H and O–H groups in total. The number of ether oxygens (including phenoxy) is 1. The van der Waals surface area contributed by atoms with E-state index in [0.717, 1.165) is 18.4 Å². The molecule has 3 rings (SSSR count). The van der Waals surface area contributed by atoms with Crippen LogP contribution in [0.3, 0.4) is 0 Å². The lowest BCUT2D eigenvalue weighted by atomic mass is 9.96. The SMILES string of the molecule is O=C(O)c1ccc(C(=O)N[C@@H]2CCCO[C@H]2c2ccc(Cl)cc2)o1. The maximum absolute atomic E-state index is 12.3. The number of hydrogen-bond donors (Lipinski definition) is 2. The number of nitrogens with one attached hydrogen (secondary N) is 1. The number of carboxylic acid groups (broad SMARTS) is 1. The van der Waals surface area contributed by atoms with Gasteiger partial charge in [-0.3, -0.25) is 4.79 Å². The van der Waals surface area contributed by atoms with Gasteiger partial charge in [0.2, 0.25) is 5.76 Å². The van der Waals surface area contributed by atoms with Gasteiger partial charge in [-0.2, -0.15) is 0 Å². The molecule has 7 heteroatoms. The zero-order valence-electron chi connectivity index (χ0n) is 12.7. The standard InChI is InChI=1S/C17H16ClNO5/c18-11-5-3-10(4-6-11)15-12(2-1-9-23-15)19-16(20)13-7-8-14(24-13)17(21)22/h3-8,12,15H,1-2,9H2,(H,19,20)(H,21,22)/t12-,15+/m1/s1. The molecule has 6 nitrogen and oxygen atoms in total. The monoisotopic (exact) mass is 349 g/mol. The van der Waals surface area contributed by atoms with Gasteiger partial charge in [0, 0.05) is 11.6 Å². The Bertz CT molecular complexity index is 740. The van der Waals surface area contributed by atoms with Crippen LogP contribution in [0.2, 0.25) is 5.02 Å². The molecule has 2 aromatic rings. The highest BCUT2D eigenvalue weighted by atomic mass is 35.5. The Kier molecular flexibility index (Phi) is 4.87. The zero-order chi connectivity index (χ0) is 17.1. The number of carbonyl (C=O) groups excluding carboxylic acids is 1. The summed E-state index contributed by atoms with van der Waals surface area (Å²) in [6.07, 6.45) is 1.30. The fourth-order valence-corrected chi connectivity index (χ4v) is 2.85. The first kappa shape index (κ1) is 16.5. The van der Waals surface area contributed by atoms with Crippen LogP contribution < -0.4 is 5.32 Å². The van der Waals surface area contributed by atoms with Gasteiger partial charge in [-0.1, -0.05) is 23.7 Å². The quantitative estimate of drug-likeness (QED) is 0.884. The van der Waals surface area contributed by atoms with Gasteiger partial charge in [-0.25, -0.2) is 4.79 Å². The Balaban J connectivity index is 1.74. The molecule has 1 aromatic heterocycles. The van der Waals surface area contributed by atoms with E-state index in [2.05, 4.69) is 5.32 Å². The number of hydrogen-bond acceptors (Lipinski definition) is 4. The molecule has 0 bridgehead atoms. The average Bonchev–Trinajstić information content (AvgIpc) is 3.07. The fraction of sp³-hybridized carbons (Fsp3) is 0.294. The van der Waals surface area contributed by atoms with E-state index in [1.54, 1.807) is 12.1 Å². The first-order chi connectivity index (χ1) is 11.5. The maximum Gasteiger partial charge on any atom is 0.371 e. The maximum atomic E-state index is 12.3. The summed E-state index contributed by atoms with van der Waals surface area (Å²) < 4.78 is 10.8. The van der Waals surface area contributed by atoms with Crippen LogP contribution in [0.15, 0.2) is 40.8 Å². The van der Waals surface area contributed by atoms with Gasteiger partial charge in [0.1, 0.15) is 6.10 Å². The third-order valence-electron chi connectivity index (χ3n) is 3.88. The molecule has 1 fully saturated rings. The number of carbonyl (C=O) groups is 2. The molecule has 2 atom stereocenters. The van der Waals surface area contributed by atoms with E-state index in [1.807, 2.05) is 12.1 Å². The number of aromatic carboxylic acids is 1. The second-order valence-electron chi connectivity index (χ2n) is 5.53. The van der Waals surface area contributed by atoms with Crippen LogP contribution in [-0.4, -0.2) is 29.6 Å². The highest BCUT2D eigenvalue weighted by Gasteiger charge is 2.30. The highest BCUT2D eigenvalue weighted by molar-refractivity contribution is 6.30. The van der Waals surface area contributed by atoms with Crippen LogP contribution >= 0.6 is 11.6 Å². The Morgan fingerprint density at radius 2 is 1.83 bits per heavy atom. The highest BCUT2D eigenvalue weighted by Crippen LogP contribution is 2.29. The molecule has 0 spiro atoms. The molecule has 2 heterocycles. The number of amides is 1. The smallest absolute Gasteiger partial charge is 0.371 e. The Morgan fingerprint density at radius 1 is 1.12 bits per heavy atom. The summed E-state index contributed by atoms with van der Waals surface area (Å²) in [6, 6.07) is 9.66. The van der Waals surface area contributed by atoms with E-state index in [1.165, 1.54) is 12.1 Å². The molecule has 24 heavy (non-hydrogen) atoms. The summed E-state index contributed by atoms with van der Waals surface area (Å²) in [4.78, 5) is 23.1. The number of halogens is 1. The molecule has 1 aliphatic rings. The third kappa shape index (κ3) is 3.60. The molecule has 1 amide bonds. The zero-order valence-corrected chi connectivity index (χ0v) is 13.5. The van der Waals surface area contributed by atoms with Crippen LogP contribution in [0.1, 0.15) is 45.6 Å². The number of furan rings is 1. The van der Waals surface area contributed by atoms with Crippen molar-refractivity contribution in [2.24, 2.45) is 0 Å². The predicted molar refractivity (Wildman–Crippen MR) is 86.3 cm³/mol. The van der Waals surface area contributed by atoms with Gasteiger partial charge in [0.25, 0.3) is 5.91 Å². The third-order valence-corrected chi connectivity index (χ3v) is 4.13. The molecular weight excluding hydrogens is 334 g/mol. The van der Waals surface area contributed by atoms with E-state index in [0.29, 0.717) is 11.6 Å². The van der Waals surface area contributed by atoms with Crippen molar-refractivity contribution in [1.82, 2.24) is 5.32 Å². The lowest BCUT2D eigenvalue weighted by Crippen LogP contribution is -2.42. The summed E-state index contributed by atoms with van der Waals surface area (Å²) in [7, 11) is 0. The Labute approximate surface area is 143 Å². The average molecular weight is 350 g/mol. The summed E-state index contributed by atoms with van der Waals surface area (Å²) >= 11 is 5.91. The lowest BCUT2D eigenvalue weighted by Gasteiger charge is -2.32. The van der Waals surface area contributed by atoms with Crippen molar-refractivity contribution in [3.8, 4) is 0 Å². The first-order valence-electron chi connectivity index (χ1n) is 7.55. The van der Waals surface area contributed by atoms with Gasteiger partial charge in [0.05, 0.1) is 6.04 Å². The molecule has 0 saturated carbocycles. The van der Waals surface area contributed by atoms with Crippen molar-refractivity contribution >= 4 is 23.5 Å². The molecule has 0 aliphatic carbocycles. The van der Waals surface area contributed by atoms with Crippen molar-refractivity contribution in [3.05, 3.63) is 58.5 Å². The molecule has 0 unspecified atom stereocenters. The van der Waals surface area contributed by atoms with Gasteiger partial charge in [-0.05, 0) is 42.7 Å². The summed E-state index contributed by atoms with van der Waals surface area (Å²) in [6.45, 7) is 0.615. The predicted octanol–water partition coefficient (Wildman–Crippen LogP) is 3.28.